The first-order valence-corrected chi connectivity index (χ1v) is 14.0. The summed E-state index contributed by atoms with van der Waals surface area (Å²) in [6.45, 7) is 3.35. The van der Waals surface area contributed by atoms with Gasteiger partial charge in [-0.1, -0.05) is 29.8 Å². The molecule has 0 N–H and O–H groups in total. The number of nitrogens with zero attached hydrogens (tertiary/aromatic N) is 4. The zero-order chi connectivity index (χ0) is 26.3. The van der Waals surface area contributed by atoms with Crippen molar-refractivity contribution in [1.29, 1.82) is 0 Å². The van der Waals surface area contributed by atoms with Crippen LogP contribution in [0.25, 0.3) is 33.3 Å². The van der Waals surface area contributed by atoms with Gasteiger partial charge in [-0.3, -0.25) is 4.68 Å². The van der Waals surface area contributed by atoms with Crippen molar-refractivity contribution in [3.63, 3.8) is 0 Å². The Bertz CT molecular complexity index is 1700. The maximum atomic E-state index is 13.7. The van der Waals surface area contributed by atoms with E-state index in [2.05, 4.69) is 10.1 Å². The Hall–Kier alpha value is -3.95. The van der Waals surface area contributed by atoms with Crippen LogP contribution in [0.2, 0.25) is 0 Å². The third-order valence-corrected chi connectivity index (χ3v) is 8.53. The summed E-state index contributed by atoms with van der Waals surface area (Å²) >= 11 is 0. The van der Waals surface area contributed by atoms with Crippen molar-refractivity contribution >= 4 is 21.1 Å². The van der Waals surface area contributed by atoms with Crippen LogP contribution in [0.15, 0.2) is 84.3 Å². The lowest BCUT2D eigenvalue weighted by atomic mass is 10.0. The Morgan fingerprint density at radius 1 is 0.921 bits per heavy atom. The predicted octanol–water partition coefficient (Wildman–Crippen LogP) is 5.21. The third-order valence-electron chi connectivity index (χ3n) is 6.86. The molecule has 9 heteroatoms. The standard InChI is InChI=1S/C29H28N4O4S/c1-20-3-9-26(10-4-20)38(34,35)33-19-28(21-5-7-24(8-6-21)37-25-11-13-36-14-12-25)27-15-22(16-30-29(27)33)23-17-31-32(2)18-23/h3-10,15-19,25H,11-14H2,1-2H3. The van der Waals surface area contributed by atoms with Crippen molar-refractivity contribution in [2.45, 2.75) is 30.8 Å². The molecule has 194 valence electrons. The molecule has 1 saturated heterocycles. The number of aromatic nitrogens is 4. The molecular weight excluding hydrogens is 500 g/mol. The number of aryl methyl sites for hydroxylation is 2. The average Bonchev–Trinajstić information content (AvgIpc) is 3.54. The molecule has 0 atom stereocenters. The van der Waals surface area contributed by atoms with Crippen LogP contribution < -0.4 is 4.74 Å². The fourth-order valence-electron chi connectivity index (χ4n) is 4.74. The fraction of sp³-hybridized carbons (Fsp3) is 0.241. The van der Waals surface area contributed by atoms with Gasteiger partial charge in [-0.05, 0) is 42.8 Å². The molecule has 0 saturated carbocycles. The second-order valence-corrected chi connectivity index (χ2v) is 11.4. The first-order chi connectivity index (χ1) is 18.4. The molecule has 0 amide bonds. The van der Waals surface area contributed by atoms with E-state index < -0.39 is 10.0 Å². The van der Waals surface area contributed by atoms with Crippen LogP contribution >= 0.6 is 0 Å². The molecule has 3 aromatic heterocycles. The van der Waals surface area contributed by atoms with Gasteiger partial charge in [0.1, 0.15) is 11.9 Å². The Morgan fingerprint density at radius 3 is 2.34 bits per heavy atom. The number of hydrogen-bond acceptors (Lipinski definition) is 6. The van der Waals surface area contributed by atoms with E-state index >= 15 is 0 Å². The van der Waals surface area contributed by atoms with E-state index in [1.807, 2.05) is 50.5 Å². The van der Waals surface area contributed by atoms with Gasteiger partial charge in [0.15, 0.2) is 5.65 Å². The van der Waals surface area contributed by atoms with Gasteiger partial charge in [-0.25, -0.2) is 17.4 Å². The second kappa shape index (κ2) is 9.74. The van der Waals surface area contributed by atoms with Gasteiger partial charge in [0.25, 0.3) is 10.0 Å². The number of pyridine rings is 1. The van der Waals surface area contributed by atoms with E-state index in [1.54, 1.807) is 47.5 Å². The first-order valence-electron chi connectivity index (χ1n) is 12.6. The lowest BCUT2D eigenvalue weighted by Crippen LogP contribution is -2.25. The van der Waals surface area contributed by atoms with E-state index in [0.717, 1.165) is 51.8 Å². The van der Waals surface area contributed by atoms with Gasteiger partial charge < -0.3 is 9.47 Å². The monoisotopic (exact) mass is 528 g/mol. The highest BCUT2D eigenvalue weighted by atomic mass is 32.2. The molecule has 0 radical (unpaired) electrons. The van der Waals surface area contributed by atoms with Gasteiger partial charge >= 0.3 is 0 Å². The molecule has 0 unspecified atom stereocenters. The quantitative estimate of drug-likeness (QED) is 0.301. The molecule has 0 bridgehead atoms. The number of fused-ring (bicyclic) bond motifs is 1. The molecule has 5 aromatic rings. The van der Waals surface area contributed by atoms with Crippen LogP contribution in [0.4, 0.5) is 0 Å². The molecule has 0 aliphatic carbocycles. The van der Waals surface area contributed by atoms with Crippen molar-refractivity contribution in [3.05, 3.63) is 84.9 Å². The van der Waals surface area contributed by atoms with E-state index in [-0.39, 0.29) is 11.0 Å². The van der Waals surface area contributed by atoms with Crippen LogP contribution in [-0.2, 0) is 21.8 Å². The minimum atomic E-state index is -3.87. The number of rotatable bonds is 6. The molecule has 0 spiro atoms. The summed E-state index contributed by atoms with van der Waals surface area (Å²) in [6.07, 6.45) is 8.91. The van der Waals surface area contributed by atoms with Gasteiger partial charge in [-0.15, -0.1) is 0 Å². The predicted molar refractivity (Wildman–Crippen MR) is 146 cm³/mol. The smallest absolute Gasteiger partial charge is 0.269 e. The Kier molecular flexibility index (Phi) is 6.25. The molecule has 6 rings (SSSR count). The number of ether oxygens (including phenoxy) is 2. The molecule has 1 aliphatic rings. The first kappa shape index (κ1) is 24.4. The van der Waals surface area contributed by atoms with Crippen LogP contribution in [0.3, 0.4) is 0 Å². The summed E-state index contributed by atoms with van der Waals surface area (Å²) in [4.78, 5) is 4.84. The fourth-order valence-corrected chi connectivity index (χ4v) is 6.07. The van der Waals surface area contributed by atoms with Crippen molar-refractivity contribution in [2.24, 2.45) is 7.05 Å². The summed E-state index contributed by atoms with van der Waals surface area (Å²) in [5.74, 6) is 0.783. The second-order valence-electron chi connectivity index (χ2n) is 9.61. The maximum Gasteiger partial charge on any atom is 0.269 e. The average molecular weight is 529 g/mol. The number of benzene rings is 2. The summed E-state index contributed by atoms with van der Waals surface area (Å²) in [7, 11) is -2.01. The molecule has 4 heterocycles. The summed E-state index contributed by atoms with van der Waals surface area (Å²) in [5.41, 5.74) is 4.77. The van der Waals surface area contributed by atoms with Gasteiger partial charge in [0.2, 0.25) is 0 Å². The van der Waals surface area contributed by atoms with Gasteiger partial charge in [-0.2, -0.15) is 5.10 Å². The van der Waals surface area contributed by atoms with Crippen LogP contribution in [0.1, 0.15) is 18.4 Å². The lowest BCUT2D eigenvalue weighted by Gasteiger charge is -2.23. The van der Waals surface area contributed by atoms with Crippen molar-refractivity contribution in [2.75, 3.05) is 13.2 Å². The topological polar surface area (TPSA) is 88.2 Å². The Labute approximate surface area is 221 Å². The largest absolute Gasteiger partial charge is 0.490 e. The highest BCUT2D eigenvalue weighted by Gasteiger charge is 2.24. The zero-order valence-electron chi connectivity index (χ0n) is 21.2. The summed E-state index contributed by atoms with van der Waals surface area (Å²) in [5, 5.41) is 5.00. The minimum Gasteiger partial charge on any atom is -0.490 e. The van der Waals surface area contributed by atoms with Crippen LogP contribution in [0, 0.1) is 6.92 Å². The van der Waals surface area contributed by atoms with E-state index in [9.17, 15) is 8.42 Å². The molecule has 2 aromatic carbocycles. The van der Waals surface area contributed by atoms with E-state index in [4.69, 9.17) is 9.47 Å². The van der Waals surface area contributed by atoms with Gasteiger partial charge in [0.05, 0.1) is 24.3 Å². The molecule has 8 nitrogen and oxygen atoms in total. The van der Waals surface area contributed by atoms with E-state index in [0.29, 0.717) is 18.9 Å². The van der Waals surface area contributed by atoms with Crippen LogP contribution in [0.5, 0.6) is 5.75 Å². The third kappa shape index (κ3) is 4.59. The summed E-state index contributed by atoms with van der Waals surface area (Å²) in [6, 6.07) is 16.6. The Morgan fingerprint density at radius 2 is 1.66 bits per heavy atom. The normalized spacial score (nSPS) is 14.7. The Balaban J connectivity index is 1.45. The highest BCUT2D eigenvalue weighted by Crippen LogP contribution is 2.35. The maximum absolute atomic E-state index is 13.7. The lowest BCUT2D eigenvalue weighted by molar-refractivity contribution is 0.0256. The SMILES string of the molecule is Cc1ccc(S(=O)(=O)n2cc(-c3ccc(OC4CCOCC4)cc3)c3cc(-c4cnn(C)c4)cnc32)cc1. The van der Waals surface area contributed by atoms with Crippen molar-refractivity contribution in [1.82, 2.24) is 18.7 Å². The molecular formula is C29H28N4O4S. The number of hydrogen-bond donors (Lipinski definition) is 0. The molecule has 38 heavy (non-hydrogen) atoms. The van der Waals surface area contributed by atoms with E-state index in [1.165, 1.54) is 3.97 Å². The molecule has 1 aliphatic heterocycles. The van der Waals surface area contributed by atoms with Gasteiger partial charge in [0, 0.05) is 60.6 Å². The minimum absolute atomic E-state index is 0.141. The van der Waals surface area contributed by atoms with Crippen molar-refractivity contribution < 1.29 is 17.9 Å². The molecule has 1 fully saturated rings. The van der Waals surface area contributed by atoms with Crippen molar-refractivity contribution in [3.8, 4) is 28.0 Å². The summed E-state index contributed by atoms with van der Waals surface area (Å²) < 4.78 is 42.0. The van der Waals surface area contributed by atoms with Crippen LogP contribution in [-0.4, -0.2) is 46.5 Å². The zero-order valence-corrected chi connectivity index (χ0v) is 22.1. The highest BCUT2D eigenvalue weighted by molar-refractivity contribution is 7.90.